The normalized spacial score (nSPS) is 38.7. The number of methoxy groups -OCH3 is 2. The van der Waals surface area contributed by atoms with E-state index >= 15 is 0 Å². The third-order valence-corrected chi connectivity index (χ3v) is 15.1. The number of hydrogen-bond acceptors (Lipinski definition) is 15. The Morgan fingerprint density at radius 1 is 0.928 bits per heavy atom. The minimum atomic E-state index is -2.49. The largest absolute Gasteiger partial charge is 0.460 e. The van der Waals surface area contributed by atoms with E-state index in [1.54, 1.807) is 57.8 Å². The van der Waals surface area contributed by atoms with Crippen LogP contribution in [0.5, 0.6) is 0 Å². The van der Waals surface area contributed by atoms with Crippen LogP contribution in [-0.4, -0.2) is 134 Å². The number of nitrogens with zero attached hydrogens (tertiary/aromatic N) is 5. The first-order valence-electron chi connectivity index (χ1n) is 25.0. The summed E-state index contributed by atoms with van der Waals surface area (Å²) < 4.78 is 23.9. The van der Waals surface area contributed by atoms with Gasteiger partial charge in [-0.15, -0.1) is 10.2 Å². The van der Waals surface area contributed by atoms with E-state index in [0.29, 0.717) is 56.9 Å². The van der Waals surface area contributed by atoms with Crippen LogP contribution in [0, 0.1) is 41.4 Å². The number of fused-ring (bicyclic) bond motifs is 3. The molecule has 17 nitrogen and oxygen atoms in total. The second-order valence-electron chi connectivity index (χ2n) is 20.4. The number of piperidine rings is 1. The number of ether oxygens (including phenoxy) is 4. The van der Waals surface area contributed by atoms with Gasteiger partial charge in [0.25, 0.3) is 11.7 Å². The molecule has 2 bridgehead atoms. The number of aldehydes is 1. The van der Waals surface area contributed by atoms with Crippen LogP contribution < -0.4 is 0 Å². The highest BCUT2D eigenvalue weighted by molar-refractivity contribution is 6.39. The average Bonchev–Trinajstić information content (AvgIpc) is 3.88. The van der Waals surface area contributed by atoms with Crippen molar-refractivity contribution in [2.75, 3.05) is 20.8 Å². The summed E-state index contributed by atoms with van der Waals surface area (Å²) in [6.45, 7) is 12.6. The fourth-order valence-corrected chi connectivity index (χ4v) is 10.6. The number of aromatic nitrogens is 4. The molecular formula is C52H77N5O12. The lowest BCUT2D eigenvalue weighted by Gasteiger charge is -2.42. The fourth-order valence-electron chi connectivity index (χ4n) is 10.6. The first-order valence-corrected chi connectivity index (χ1v) is 25.0. The summed E-state index contributed by atoms with van der Waals surface area (Å²) in [6.07, 6.45) is 13.9. The van der Waals surface area contributed by atoms with Gasteiger partial charge in [0, 0.05) is 50.9 Å². The molecule has 15 atom stereocenters. The molecule has 382 valence electrons. The number of aliphatic hydroxyl groups is 2. The number of tetrazole rings is 1. The number of cyclic esters (lactones) is 1. The molecule has 3 aliphatic heterocycles. The molecule has 1 amide bonds. The molecule has 1 aromatic rings. The van der Waals surface area contributed by atoms with Gasteiger partial charge in [-0.1, -0.05) is 76.6 Å². The molecule has 1 saturated carbocycles. The van der Waals surface area contributed by atoms with Crippen molar-refractivity contribution in [1.29, 1.82) is 0 Å². The zero-order valence-electron chi connectivity index (χ0n) is 42.1. The Bertz CT molecular complexity index is 2050. The zero-order chi connectivity index (χ0) is 50.6. The van der Waals surface area contributed by atoms with Crippen molar-refractivity contribution in [3.63, 3.8) is 0 Å². The predicted octanol–water partition coefficient (Wildman–Crippen LogP) is 5.85. The fraction of sp³-hybridized carbons (Fsp3) is 0.712. The first-order chi connectivity index (χ1) is 32.8. The summed E-state index contributed by atoms with van der Waals surface area (Å²) in [5, 5.41) is 35.6. The maximum atomic E-state index is 14.5. The molecule has 3 fully saturated rings. The number of Topliss-reactive ketones (excluding diaryl/α,β-unsaturated/α-hetero) is 3. The monoisotopic (exact) mass is 964 g/mol. The Hall–Kier alpha value is -4.55. The van der Waals surface area contributed by atoms with E-state index in [1.165, 1.54) is 18.3 Å². The van der Waals surface area contributed by atoms with Crippen molar-refractivity contribution >= 4 is 35.5 Å². The van der Waals surface area contributed by atoms with Crippen molar-refractivity contribution in [1.82, 2.24) is 25.1 Å². The molecule has 1 aliphatic carbocycles. The van der Waals surface area contributed by atoms with Gasteiger partial charge < -0.3 is 38.9 Å². The summed E-state index contributed by atoms with van der Waals surface area (Å²) in [7, 11) is 3.01. The van der Waals surface area contributed by atoms with Gasteiger partial charge in [-0.3, -0.25) is 19.2 Å². The van der Waals surface area contributed by atoms with E-state index in [-0.39, 0.29) is 67.3 Å². The minimum Gasteiger partial charge on any atom is -0.460 e. The summed E-state index contributed by atoms with van der Waals surface area (Å²) in [4.78, 5) is 86.1. The van der Waals surface area contributed by atoms with Crippen molar-refractivity contribution in [2.24, 2.45) is 41.4 Å². The third-order valence-electron chi connectivity index (χ3n) is 15.1. The Morgan fingerprint density at radius 2 is 1.68 bits per heavy atom. The molecule has 0 aromatic carbocycles. The van der Waals surface area contributed by atoms with E-state index in [4.69, 9.17) is 18.9 Å². The van der Waals surface area contributed by atoms with Crippen molar-refractivity contribution in [3.8, 4) is 0 Å². The van der Waals surface area contributed by atoms with Crippen LogP contribution in [0.25, 0.3) is 0 Å². The summed E-state index contributed by atoms with van der Waals surface area (Å²) in [5.41, 5.74) is 1.11. The number of amides is 1. The van der Waals surface area contributed by atoms with Crippen molar-refractivity contribution in [3.05, 3.63) is 53.9 Å². The standard InChI is InChI=1S/C52H77N5O12/c1-31-15-11-10-12-16-32(2)39(29-58)27-40-20-18-37(7)52(65,69-40)49(62)50(63)56-22-14-13-17-42(56)51(64)68-44(34(4)25-38-19-21-41(45(26-38)66-8)57-54-30-53-55-57)28-43(59)33(3)24-36(6)47(61)48(67-9)46(60)35(5)23-31/h10-12,15-16,24,29-31,33-35,37-42,44-45,47-48,61,65H,13-14,17-23,25-28H2,1-9H3/b12-10+,15-11+,32-16+,36-24+/t31-,33-,34-,35-,37-,38+,39-,40+,41+,42+,44+,45-,47-,48?,52-/m1/s1. The Balaban J connectivity index is 1.46. The molecule has 2 saturated heterocycles. The van der Waals surface area contributed by atoms with E-state index in [2.05, 4.69) is 15.4 Å². The van der Waals surface area contributed by atoms with Gasteiger partial charge in [-0.25, -0.2) is 4.79 Å². The number of allylic oxidation sites excluding steroid dienone is 7. The summed E-state index contributed by atoms with van der Waals surface area (Å²) in [5.74, 6) is -8.88. The highest BCUT2D eigenvalue weighted by Crippen LogP contribution is 2.39. The Kier molecular flexibility index (Phi) is 20.5. The maximum absolute atomic E-state index is 14.5. The van der Waals surface area contributed by atoms with Crippen LogP contribution in [0.15, 0.2) is 53.9 Å². The highest BCUT2D eigenvalue weighted by Gasteiger charge is 2.53. The van der Waals surface area contributed by atoms with Gasteiger partial charge in [-0.05, 0) is 113 Å². The SMILES string of the molecule is COC1C(=O)[C@H](C)C[C@H](C)/C=C/C=C/C=C(\C)[C@@H](C=O)C[C@@H]2CC[C@@H](C)[C@@](O)(O2)C(=O)C(=O)N2CCCC[C@H]2C(=O)O[C@H]([C@H](C)C[C@@H]2CC[C@H](n3ncnn3)[C@H](OC)C2)CC(=O)[C@H](C)/C=C(\C)[C@H]1O. The average molecular weight is 964 g/mol. The number of rotatable bonds is 7. The number of hydrogen-bond donors (Lipinski definition) is 2. The van der Waals surface area contributed by atoms with Crippen LogP contribution >= 0.6 is 0 Å². The van der Waals surface area contributed by atoms with Crippen LogP contribution in [0.4, 0.5) is 0 Å². The predicted molar refractivity (Wildman–Crippen MR) is 255 cm³/mol. The van der Waals surface area contributed by atoms with Crippen LogP contribution in [0.3, 0.4) is 0 Å². The van der Waals surface area contributed by atoms with E-state index in [0.717, 1.165) is 18.3 Å². The van der Waals surface area contributed by atoms with E-state index in [1.807, 2.05) is 39.0 Å². The zero-order valence-corrected chi connectivity index (χ0v) is 42.1. The lowest BCUT2D eigenvalue weighted by atomic mass is 9.77. The lowest BCUT2D eigenvalue weighted by Crippen LogP contribution is -2.60. The van der Waals surface area contributed by atoms with Crippen LogP contribution in [0.1, 0.15) is 132 Å². The summed E-state index contributed by atoms with van der Waals surface area (Å²) >= 11 is 0. The van der Waals surface area contributed by atoms with Gasteiger partial charge in [-0.2, -0.15) is 4.80 Å². The maximum Gasteiger partial charge on any atom is 0.329 e. The van der Waals surface area contributed by atoms with Gasteiger partial charge in [0.1, 0.15) is 36.4 Å². The van der Waals surface area contributed by atoms with Crippen molar-refractivity contribution in [2.45, 2.75) is 174 Å². The van der Waals surface area contributed by atoms with E-state index in [9.17, 15) is 39.0 Å². The molecule has 0 spiro atoms. The van der Waals surface area contributed by atoms with Crippen LogP contribution in [0.2, 0.25) is 0 Å². The Morgan fingerprint density at radius 3 is 2.36 bits per heavy atom. The first kappa shape index (κ1) is 55.4. The highest BCUT2D eigenvalue weighted by atomic mass is 16.6. The molecule has 2 N–H and O–H groups in total. The van der Waals surface area contributed by atoms with Gasteiger partial charge in [0.15, 0.2) is 12.1 Å². The molecule has 0 radical (unpaired) electrons. The molecule has 17 heteroatoms. The smallest absolute Gasteiger partial charge is 0.329 e. The lowest BCUT2D eigenvalue weighted by molar-refractivity contribution is -0.264. The number of ketones is 3. The molecular weight excluding hydrogens is 887 g/mol. The number of carbonyl (C=O) groups excluding carboxylic acids is 6. The van der Waals surface area contributed by atoms with Gasteiger partial charge >= 0.3 is 5.97 Å². The van der Waals surface area contributed by atoms with Gasteiger partial charge in [0.05, 0.1) is 18.2 Å². The topological polar surface area (TPSA) is 227 Å². The molecule has 1 aromatic heterocycles. The second-order valence-corrected chi connectivity index (χ2v) is 20.4. The number of carbonyl (C=O) groups is 6. The molecule has 5 rings (SSSR count). The van der Waals surface area contributed by atoms with E-state index < -0.39 is 77.6 Å². The number of esters is 1. The molecule has 1 unspecified atom stereocenters. The van der Waals surface area contributed by atoms with Gasteiger partial charge in [0.2, 0.25) is 5.79 Å². The summed E-state index contributed by atoms with van der Waals surface area (Å²) in [6, 6.07) is -1.28. The molecule has 4 aliphatic rings. The van der Waals surface area contributed by atoms with Crippen LogP contribution in [-0.2, 0) is 47.7 Å². The molecule has 4 heterocycles. The Labute approximate surface area is 407 Å². The second kappa shape index (κ2) is 25.5. The quantitative estimate of drug-likeness (QED) is 0.142. The number of aliphatic hydroxyl groups excluding tert-OH is 1. The minimum absolute atomic E-state index is 0.0147. The van der Waals surface area contributed by atoms with Crippen molar-refractivity contribution < 1.29 is 57.9 Å². The molecule has 69 heavy (non-hydrogen) atoms. The third kappa shape index (κ3) is 14.1.